The zero-order valence-electron chi connectivity index (χ0n) is 17.5. The zero-order valence-corrected chi connectivity index (χ0v) is 17.5. The molecule has 154 valence electrons. The minimum absolute atomic E-state index is 0.118. The lowest BCUT2D eigenvalue weighted by atomic mass is 10.1. The third-order valence-electron chi connectivity index (χ3n) is 5.76. The highest BCUT2D eigenvalue weighted by molar-refractivity contribution is 5.77. The quantitative estimate of drug-likeness (QED) is 0.723. The van der Waals surface area contributed by atoms with Crippen LogP contribution in [-0.4, -0.2) is 52.1 Å². The highest BCUT2D eigenvalue weighted by atomic mass is 19.1. The molecule has 3 rings (SSSR count). The van der Waals surface area contributed by atoms with Crippen molar-refractivity contribution in [2.75, 3.05) is 32.7 Å². The fraction of sp³-hybridized carbons (Fsp3) is 0.636. The zero-order chi connectivity index (χ0) is 20.1. The van der Waals surface area contributed by atoms with E-state index in [0.717, 1.165) is 64.2 Å². The van der Waals surface area contributed by atoms with Gasteiger partial charge in [0.1, 0.15) is 11.6 Å². The fourth-order valence-electron chi connectivity index (χ4n) is 4.27. The number of likely N-dealkylation sites (N-methyl/N-ethyl adjacent to an activating group) is 1. The lowest BCUT2D eigenvalue weighted by Gasteiger charge is -2.32. The van der Waals surface area contributed by atoms with Crippen LogP contribution in [0.5, 0.6) is 0 Å². The molecule has 0 radical (unpaired) electrons. The van der Waals surface area contributed by atoms with Crippen molar-refractivity contribution in [1.82, 2.24) is 19.4 Å². The van der Waals surface area contributed by atoms with E-state index in [1.54, 1.807) is 10.6 Å². The van der Waals surface area contributed by atoms with Crippen LogP contribution in [0.4, 0.5) is 4.39 Å². The first kappa shape index (κ1) is 20.9. The van der Waals surface area contributed by atoms with Gasteiger partial charge in [0, 0.05) is 26.2 Å². The van der Waals surface area contributed by atoms with Crippen molar-refractivity contribution in [1.29, 1.82) is 0 Å². The van der Waals surface area contributed by atoms with E-state index in [1.165, 1.54) is 12.1 Å². The molecule has 1 saturated heterocycles. The predicted molar refractivity (Wildman–Crippen MR) is 112 cm³/mol. The summed E-state index contributed by atoms with van der Waals surface area (Å²) in [6.45, 7) is 12.3. The molecule has 0 bridgehead atoms. The molecule has 1 fully saturated rings. The average molecular weight is 389 g/mol. The molecule has 0 saturated carbocycles. The molecule has 0 amide bonds. The molecule has 5 nitrogen and oxygen atoms in total. The molecule has 0 aliphatic carbocycles. The molecule has 6 heteroatoms. The Bertz CT molecular complexity index is 850. The summed E-state index contributed by atoms with van der Waals surface area (Å²) in [5.74, 6) is 0.456. The van der Waals surface area contributed by atoms with Crippen LogP contribution < -0.4 is 5.56 Å². The van der Waals surface area contributed by atoms with Gasteiger partial charge < -0.3 is 4.90 Å². The molecule has 2 aromatic rings. The van der Waals surface area contributed by atoms with E-state index >= 15 is 0 Å². The monoisotopic (exact) mass is 388 g/mol. The van der Waals surface area contributed by atoms with Crippen LogP contribution >= 0.6 is 0 Å². The van der Waals surface area contributed by atoms with E-state index < -0.39 is 0 Å². The SMILES string of the molecule is CCC[C@H](c1nc2ccc(F)cc2c(=O)n1CCC)N1CCCN(CC)CC1. The number of hydrogen-bond acceptors (Lipinski definition) is 4. The summed E-state index contributed by atoms with van der Waals surface area (Å²) in [6, 6.07) is 4.47. The lowest BCUT2D eigenvalue weighted by molar-refractivity contribution is 0.177. The Labute approximate surface area is 167 Å². The molecular formula is C22H33FN4O. The fourth-order valence-corrected chi connectivity index (χ4v) is 4.27. The van der Waals surface area contributed by atoms with Crippen LogP contribution in [0.25, 0.3) is 10.9 Å². The van der Waals surface area contributed by atoms with E-state index in [4.69, 9.17) is 4.98 Å². The van der Waals surface area contributed by atoms with Gasteiger partial charge in [-0.1, -0.05) is 27.2 Å². The van der Waals surface area contributed by atoms with Gasteiger partial charge in [0.15, 0.2) is 0 Å². The highest BCUT2D eigenvalue weighted by Crippen LogP contribution is 2.26. The Hall–Kier alpha value is -1.79. The summed E-state index contributed by atoms with van der Waals surface area (Å²) in [4.78, 5) is 23.1. The van der Waals surface area contributed by atoms with E-state index in [9.17, 15) is 9.18 Å². The molecule has 28 heavy (non-hydrogen) atoms. The Kier molecular flexibility index (Phi) is 7.18. The van der Waals surface area contributed by atoms with Gasteiger partial charge in [-0.2, -0.15) is 0 Å². The van der Waals surface area contributed by atoms with Crippen molar-refractivity contribution in [3.8, 4) is 0 Å². The van der Waals surface area contributed by atoms with Crippen LogP contribution in [0.1, 0.15) is 58.3 Å². The minimum atomic E-state index is -0.389. The Morgan fingerprint density at radius 1 is 1.11 bits per heavy atom. The third-order valence-corrected chi connectivity index (χ3v) is 5.76. The Balaban J connectivity index is 2.07. The van der Waals surface area contributed by atoms with Gasteiger partial charge in [-0.25, -0.2) is 9.37 Å². The Morgan fingerprint density at radius 3 is 2.64 bits per heavy atom. The summed E-state index contributed by atoms with van der Waals surface area (Å²) in [6.07, 6.45) is 3.97. The van der Waals surface area contributed by atoms with E-state index in [1.807, 2.05) is 0 Å². The molecule has 0 unspecified atom stereocenters. The molecule has 1 atom stereocenters. The first-order valence-corrected chi connectivity index (χ1v) is 10.7. The van der Waals surface area contributed by atoms with Crippen LogP contribution in [0.2, 0.25) is 0 Å². The van der Waals surface area contributed by atoms with Crippen molar-refractivity contribution in [3.05, 3.63) is 40.2 Å². The summed E-state index contributed by atoms with van der Waals surface area (Å²) >= 11 is 0. The number of fused-ring (bicyclic) bond motifs is 1. The lowest BCUT2D eigenvalue weighted by Crippen LogP contribution is -2.37. The smallest absolute Gasteiger partial charge is 0.261 e. The van der Waals surface area contributed by atoms with Crippen molar-refractivity contribution in [2.24, 2.45) is 0 Å². The number of hydrogen-bond donors (Lipinski definition) is 0. The van der Waals surface area contributed by atoms with Crippen LogP contribution in [-0.2, 0) is 6.54 Å². The molecule has 0 N–H and O–H groups in total. The third kappa shape index (κ3) is 4.44. The maximum Gasteiger partial charge on any atom is 0.261 e. The normalized spacial score (nSPS) is 17.7. The topological polar surface area (TPSA) is 41.4 Å². The molecule has 1 aromatic carbocycles. The van der Waals surface area contributed by atoms with Gasteiger partial charge in [-0.3, -0.25) is 14.3 Å². The van der Waals surface area contributed by atoms with Crippen molar-refractivity contribution in [2.45, 2.75) is 59.0 Å². The summed E-state index contributed by atoms with van der Waals surface area (Å²) < 4.78 is 15.5. The second-order valence-corrected chi connectivity index (χ2v) is 7.72. The maximum absolute atomic E-state index is 13.7. The number of halogens is 1. The number of nitrogens with zero attached hydrogens (tertiary/aromatic N) is 4. The van der Waals surface area contributed by atoms with Gasteiger partial charge in [0.05, 0.1) is 16.9 Å². The van der Waals surface area contributed by atoms with Crippen LogP contribution in [0.3, 0.4) is 0 Å². The molecule has 2 heterocycles. The number of aromatic nitrogens is 2. The predicted octanol–water partition coefficient (Wildman–Crippen LogP) is 3.81. The van der Waals surface area contributed by atoms with Gasteiger partial charge >= 0.3 is 0 Å². The summed E-state index contributed by atoms with van der Waals surface area (Å²) in [5.41, 5.74) is 0.479. The van der Waals surface area contributed by atoms with Crippen molar-refractivity contribution >= 4 is 10.9 Å². The number of rotatable bonds is 7. The molecule has 1 aliphatic rings. The standard InChI is InChI=1S/C22H33FN4O/c1-4-8-20(26-13-7-12-25(6-3)14-15-26)21-24-19-10-9-17(23)16-18(19)22(28)27(21)11-5-2/h9-10,16,20H,4-8,11-15H2,1-3H3/t20-/m1/s1. The van der Waals surface area contributed by atoms with E-state index in [-0.39, 0.29) is 17.4 Å². The maximum atomic E-state index is 13.7. The minimum Gasteiger partial charge on any atom is -0.302 e. The van der Waals surface area contributed by atoms with Crippen molar-refractivity contribution in [3.63, 3.8) is 0 Å². The Morgan fingerprint density at radius 2 is 1.93 bits per heavy atom. The first-order valence-electron chi connectivity index (χ1n) is 10.7. The average Bonchev–Trinajstić information content (AvgIpc) is 2.94. The van der Waals surface area contributed by atoms with Gasteiger partial charge in [0.2, 0.25) is 0 Å². The van der Waals surface area contributed by atoms with E-state index in [0.29, 0.717) is 17.4 Å². The van der Waals surface area contributed by atoms with Gasteiger partial charge in [-0.05, 0) is 50.6 Å². The van der Waals surface area contributed by atoms with Gasteiger partial charge in [-0.15, -0.1) is 0 Å². The second kappa shape index (κ2) is 9.61. The molecule has 1 aliphatic heterocycles. The van der Waals surface area contributed by atoms with Crippen LogP contribution in [0.15, 0.2) is 23.0 Å². The van der Waals surface area contributed by atoms with Crippen LogP contribution in [0, 0.1) is 5.82 Å². The van der Waals surface area contributed by atoms with Crippen molar-refractivity contribution < 1.29 is 4.39 Å². The summed E-state index contributed by atoms with van der Waals surface area (Å²) in [7, 11) is 0. The molecular weight excluding hydrogens is 355 g/mol. The highest BCUT2D eigenvalue weighted by Gasteiger charge is 2.27. The first-order chi connectivity index (χ1) is 13.6. The summed E-state index contributed by atoms with van der Waals surface area (Å²) in [5, 5.41) is 0.375. The second-order valence-electron chi connectivity index (χ2n) is 7.72. The van der Waals surface area contributed by atoms with Gasteiger partial charge in [0.25, 0.3) is 5.56 Å². The van der Waals surface area contributed by atoms with E-state index in [2.05, 4.69) is 30.6 Å². The molecule has 0 spiro atoms. The molecule has 1 aromatic heterocycles. The largest absolute Gasteiger partial charge is 0.302 e. The number of benzene rings is 1.